The zero-order chi connectivity index (χ0) is 8.74. The summed E-state index contributed by atoms with van der Waals surface area (Å²) in [5.74, 6) is 0. The summed E-state index contributed by atoms with van der Waals surface area (Å²) in [5.41, 5.74) is 0. The minimum absolute atomic E-state index is 0. The van der Waals surface area contributed by atoms with Crippen LogP contribution in [0.1, 0.15) is 2.85 Å². The summed E-state index contributed by atoms with van der Waals surface area (Å²) in [6, 6.07) is 12.0. The molecule has 0 aliphatic heterocycles. The van der Waals surface area contributed by atoms with Gasteiger partial charge >= 0.3 is 30.9 Å². The van der Waals surface area contributed by atoms with E-state index in [0.717, 1.165) is 0 Å². The minimum Gasteiger partial charge on any atom is -1.00 e. The second-order valence-electron chi connectivity index (χ2n) is 1.67. The Hall–Kier alpha value is 0.0962. The van der Waals surface area contributed by atoms with Gasteiger partial charge in [0.2, 0.25) is 0 Å². The van der Waals surface area contributed by atoms with Gasteiger partial charge in [-0.2, -0.15) is 0 Å². The standard InChI is InChI=1S/C6H6.Mg.H3O4P.2H/c1-2-4-6-5-3-1;;1-5(2,3)4;;/h1-6H;;(H3,1,2,3,4);;/q;+2;;2*-1. The molecule has 6 heteroatoms. The number of hydrogen-bond donors (Lipinski definition) is 3. The van der Waals surface area contributed by atoms with Gasteiger partial charge < -0.3 is 17.5 Å². The average molecular weight is 202 g/mol. The maximum absolute atomic E-state index is 8.88. The Morgan fingerprint density at radius 1 is 0.833 bits per heavy atom. The van der Waals surface area contributed by atoms with Crippen molar-refractivity contribution in [3.63, 3.8) is 0 Å². The first-order valence-electron chi connectivity index (χ1n) is 2.78. The molecule has 0 aromatic heterocycles. The summed E-state index contributed by atoms with van der Waals surface area (Å²) in [4.78, 5) is 21.6. The number of rotatable bonds is 0. The number of hydrogen-bond acceptors (Lipinski definition) is 1. The summed E-state index contributed by atoms with van der Waals surface area (Å²) in [6.07, 6.45) is 0. The molecule has 3 N–H and O–H groups in total. The van der Waals surface area contributed by atoms with Crippen LogP contribution in [0.15, 0.2) is 36.4 Å². The van der Waals surface area contributed by atoms with Gasteiger partial charge in [-0.3, -0.25) is 0 Å². The largest absolute Gasteiger partial charge is 2.00 e. The fourth-order valence-corrected chi connectivity index (χ4v) is 0.385. The normalized spacial score (nSPS) is 8.92. The van der Waals surface area contributed by atoms with Gasteiger partial charge in [-0.1, -0.05) is 36.4 Å². The van der Waals surface area contributed by atoms with E-state index in [0.29, 0.717) is 0 Å². The topological polar surface area (TPSA) is 77.8 Å². The minimum atomic E-state index is -4.64. The van der Waals surface area contributed by atoms with E-state index >= 15 is 0 Å². The van der Waals surface area contributed by atoms with Crippen LogP contribution in [0.3, 0.4) is 0 Å². The molecule has 0 unspecified atom stereocenters. The zero-order valence-corrected chi connectivity index (χ0v) is 8.68. The summed E-state index contributed by atoms with van der Waals surface area (Å²) in [6.45, 7) is 0. The van der Waals surface area contributed by atoms with E-state index in [1.165, 1.54) is 0 Å². The molecular weight excluding hydrogens is 191 g/mol. The van der Waals surface area contributed by atoms with Crippen LogP contribution in [-0.2, 0) is 4.57 Å². The molecule has 0 atom stereocenters. The molecule has 66 valence electrons. The summed E-state index contributed by atoms with van der Waals surface area (Å²) >= 11 is 0. The second kappa shape index (κ2) is 7.73. The van der Waals surface area contributed by atoms with Crippen molar-refractivity contribution in [1.29, 1.82) is 0 Å². The number of benzene rings is 1. The quantitative estimate of drug-likeness (QED) is 0.425. The molecule has 0 fully saturated rings. The third kappa shape index (κ3) is 22.5. The van der Waals surface area contributed by atoms with E-state index in [1.54, 1.807) is 0 Å². The molecule has 1 aromatic carbocycles. The molecule has 0 aliphatic rings. The fraction of sp³-hybridized carbons (Fsp3) is 0. The molecule has 0 saturated carbocycles. The van der Waals surface area contributed by atoms with Crippen LogP contribution in [0.25, 0.3) is 0 Å². The first-order chi connectivity index (χ1) is 5.00. The van der Waals surface area contributed by atoms with Crippen molar-refractivity contribution in [2.24, 2.45) is 0 Å². The molecule has 12 heavy (non-hydrogen) atoms. The molecule has 0 amide bonds. The third-order valence-electron chi connectivity index (χ3n) is 0.667. The molecule has 0 spiro atoms. The van der Waals surface area contributed by atoms with Gasteiger partial charge in [0.05, 0.1) is 0 Å². The second-order valence-corrected chi connectivity index (χ2v) is 2.69. The van der Waals surface area contributed by atoms with Gasteiger partial charge in [-0.25, -0.2) is 4.57 Å². The van der Waals surface area contributed by atoms with E-state index in [4.69, 9.17) is 19.2 Å². The van der Waals surface area contributed by atoms with Gasteiger partial charge in [0.15, 0.2) is 0 Å². The van der Waals surface area contributed by atoms with Crippen molar-refractivity contribution >= 4 is 30.9 Å². The van der Waals surface area contributed by atoms with E-state index in [9.17, 15) is 0 Å². The van der Waals surface area contributed by atoms with Gasteiger partial charge in [-0.05, 0) is 0 Å². The van der Waals surface area contributed by atoms with Crippen LogP contribution in [0.5, 0.6) is 0 Å². The molecule has 0 heterocycles. The Bertz CT molecular complexity index is 196. The fourth-order valence-electron chi connectivity index (χ4n) is 0.385. The van der Waals surface area contributed by atoms with Crippen molar-refractivity contribution in [1.82, 2.24) is 0 Å². The molecular formula is C6H11MgO4P. The number of phosphoric acid groups is 1. The molecule has 0 radical (unpaired) electrons. The van der Waals surface area contributed by atoms with E-state index in [2.05, 4.69) is 0 Å². The summed E-state index contributed by atoms with van der Waals surface area (Å²) < 4.78 is 8.88. The predicted molar refractivity (Wildman–Crippen MR) is 48.7 cm³/mol. The molecule has 1 aromatic rings. The van der Waals surface area contributed by atoms with E-state index < -0.39 is 7.82 Å². The molecule has 4 nitrogen and oxygen atoms in total. The third-order valence-corrected chi connectivity index (χ3v) is 0.667. The Kier molecular flexibility index (Phi) is 9.41. The monoisotopic (exact) mass is 202 g/mol. The van der Waals surface area contributed by atoms with Crippen LogP contribution in [0.2, 0.25) is 0 Å². The average Bonchev–Trinajstić information content (AvgIpc) is 1.88. The smallest absolute Gasteiger partial charge is 1.00 e. The van der Waals surface area contributed by atoms with Crippen molar-refractivity contribution in [2.75, 3.05) is 0 Å². The molecule has 0 bridgehead atoms. The predicted octanol–water partition coefficient (Wildman–Crippen LogP) is 0.602. The molecule has 0 saturated heterocycles. The van der Waals surface area contributed by atoms with Crippen molar-refractivity contribution in [3.05, 3.63) is 36.4 Å². The van der Waals surface area contributed by atoms with Gasteiger partial charge in [0, 0.05) is 0 Å². The van der Waals surface area contributed by atoms with Crippen LogP contribution in [-0.4, -0.2) is 37.7 Å². The maximum Gasteiger partial charge on any atom is 2.00 e. The van der Waals surface area contributed by atoms with Gasteiger partial charge in [-0.15, -0.1) is 0 Å². The Balaban J connectivity index is -0.0000000597. The van der Waals surface area contributed by atoms with Crippen LogP contribution >= 0.6 is 7.82 Å². The van der Waals surface area contributed by atoms with Crippen LogP contribution in [0, 0.1) is 0 Å². The van der Waals surface area contributed by atoms with Crippen LogP contribution < -0.4 is 0 Å². The zero-order valence-electron chi connectivity index (χ0n) is 8.37. The summed E-state index contributed by atoms with van der Waals surface area (Å²) in [7, 11) is -4.64. The molecule has 0 aliphatic carbocycles. The van der Waals surface area contributed by atoms with Crippen molar-refractivity contribution in [2.45, 2.75) is 0 Å². The Labute approximate surface area is 89.6 Å². The first-order valence-corrected chi connectivity index (χ1v) is 4.35. The van der Waals surface area contributed by atoms with Gasteiger partial charge in [0.25, 0.3) is 0 Å². The molecule has 1 rings (SSSR count). The van der Waals surface area contributed by atoms with Gasteiger partial charge in [0.1, 0.15) is 0 Å². The Morgan fingerprint density at radius 3 is 1.00 bits per heavy atom. The first kappa shape index (κ1) is 14.6. The van der Waals surface area contributed by atoms with Crippen molar-refractivity contribution in [3.8, 4) is 0 Å². The van der Waals surface area contributed by atoms with Crippen LogP contribution in [0.4, 0.5) is 0 Å². The summed E-state index contributed by atoms with van der Waals surface area (Å²) in [5, 5.41) is 0. The maximum atomic E-state index is 8.88. The van der Waals surface area contributed by atoms with E-state index in [-0.39, 0.29) is 25.9 Å². The Morgan fingerprint density at radius 2 is 0.917 bits per heavy atom. The van der Waals surface area contributed by atoms with E-state index in [1.807, 2.05) is 36.4 Å². The van der Waals surface area contributed by atoms with Crippen molar-refractivity contribution < 1.29 is 22.1 Å². The SMILES string of the molecule is O=P(O)(O)O.[H-].[H-].[Mg+2].c1ccccc1.